The summed E-state index contributed by atoms with van der Waals surface area (Å²) in [5, 5.41) is 0. The molecule has 204 valence electrons. The van der Waals surface area contributed by atoms with Gasteiger partial charge in [-0.2, -0.15) is 26.3 Å². The second-order valence-corrected chi connectivity index (χ2v) is 11.1. The zero-order chi connectivity index (χ0) is 25.8. The molecule has 2 saturated carbocycles. The van der Waals surface area contributed by atoms with Crippen LogP contribution in [-0.2, 0) is 4.79 Å². The van der Waals surface area contributed by atoms with Gasteiger partial charge in [-0.3, -0.25) is 9.69 Å². The number of hydrogen-bond donors (Lipinski definition) is 0. The van der Waals surface area contributed by atoms with Gasteiger partial charge in [0, 0.05) is 33.2 Å². The Morgan fingerprint density at radius 3 is 2.03 bits per heavy atom. The van der Waals surface area contributed by atoms with E-state index in [1.165, 1.54) is 6.42 Å². The van der Waals surface area contributed by atoms with Gasteiger partial charge in [-0.1, -0.05) is 19.3 Å². The number of likely N-dealkylation sites (N-methyl/N-ethyl adjacent to an activating group) is 2. The van der Waals surface area contributed by atoms with Crippen molar-refractivity contribution in [2.24, 2.45) is 23.7 Å². The highest BCUT2D eigenvalue weighted by Gasteiger charge is 2.51. The molecule has 0 spiro atoms. The molecule has 3 atom stereocenters. The standard InChI is InChI=1S/C25H41F6N3O/c1-32-10-6-11-34(14-13-32)22(19-7-4-3-5-8-19)23(35)33(2)12-9-18-15-20(24(26,27)28)17-21(16-18)25(29,30)31/h18-22H,3-17H2,1-2H3. The molecule has 2 aliphatic carbocycles. The molecule has 3 unspecified atom stereocenters. The van der Waals surface area contributed by atoms with Gasteiger partial charge in [-0.25, -0.2) is 0 Å². The average molecular weight is 514 g/mol. The lowest BCUT2D eigenvalue weighted by Gasteiger charge is -2.40. The monoisotopic (exact) mass is 513 g/mol. The minimum atomic E-state index is -4.63. The summed E-state index contributed by atoms with van der Waals surface area (Å²) < 4.78 is 80.0. The van der Waals surface area contributed by atoms with Crippen molar-refractivity contribution in [1.29, 1.82) is 0 Å². The van der Waals surface area contributed by atoms with Crippen molar-refractivity contribution in [3.8, 4) is 0 Å². The molecule has 3 aliphatic rings. The Morgan fingerprint density at radius 2 is 1.46 bits per heavy atom. The summed E-state index contributed by atoms with van der Waals surface area (Å²) in [6.45, 7) is 3.66. The molecule has 1 saturated heterocycles. The first-order valence-electron chi connectivity index (χ1n) is 13.2. The molecule has 0 aromatic heterocycles. The number of amides is 1. The third kappa shape index (κ3) is 7.98. The predicted octanol–water partition coefficient (Wildman–Crippen LogP) is 5.58. The number of nitrogens with zero attached hydrogens (tertiary/aromatic N) is 3. The van der Waals surface area contributed by atoms with Crippen LogP contribution < -0.4 is 0 Å². The highest BCUT2D eigenvalue weighted by Crippen LogP contribution is 2.48. The van der Waals surface area contributed by atoms with E-state index in [0.29, 0.717) is 0 Å². The fraction of sp³-hybridized carbons (Fsp3) is 0.960. The van der Waals surface area contributed by atoms with Crippen molar-refractivity contribution >= 4 is 5.91 Å². The van der Waals surface area contributed by atoms with Crippen LogP contribution in [0.2, 0.25) is 0 Å². The second-order valence-electron chi connectivity index (χ2n) is 11.1. The van der Waals surface area contributed by atoms with Gasteiger partial charge in [0.05, 0.1) is 17.9 Å². The van der Waals surface area contributed by atoms with Gasteiger partial charge in [0.2, 0.25) is 5.91 Å². The third-order valence-electron chi connectivity index (χ3n) is 8.48. The van der Waals surface area contributed by atoms with Crippen LogP contribution in [0.5, 0.6) is 0 Å². The molecule has 10 heteroatoms. The largest absolute Gasteiger partial charge is 0.391 e. The summed E-state index contributed by atoms with van der Waals surface area (Å²) in [5.74, 6) is -4.34. The molecule has 0 aromatic rings. The molecule has 35 heavy (non-hydrogen) atoms. The summed E-state index contributed by atoms with van der Waals surface area (Å²) in [4.78, 5) is 19.8. The zero-order valence-corrected chi connectivity index (χ0v) is 21.0. The van der Waals surface area contributed by atoms with Crippen molar-refractivity contribution in [2.45, 2.75) is 82.6 Å². The van der Waals surface area contributed by atoms with E-state index in [1.54, 1.807) is 11.9 Å². The summed E-state index contributed by atoms with van der Waals surface area (Å²) in [6, 6.07) is -0.260. The molecule has 0 N–H and O–H groups in total. The second kappa shape index (κ2) is 12.0. The predicted molar refractivity (Wildman–Crippen MR) is 123 cm³/mol. The fourth-order valence-electron chi connectivity index (χ4n) is 6.37. The molecule has 1 aliphatic heterocycles. The Bertz CT molecular complexity index is 657. The Balaban J connectivity index is 1.66. The van der Waals surface area contributed by atoms with E-state index in [-0.39, 0.29) is 43.7 Å². The van der Waals surface area contributed by atoms with Crippen molar-refractivity contribution in [3.63, 3.8) is 0 Å². The zero-order valence-electron chi connectivity index (χ0n) is 21.0. The number of carbonyl (C=O) groups is 1. The summed E-state index contributed by atoms with van der Waals surface area (Å²) in [5.41, 5.74) is 0. The highest BCUT2D eigenvalue weighted by molar-refractivity contribution is 5.82. The first-order chi connectivity index (χ1) is 16.4. The summed E-state index contributed by atoms with van der Waals surface area (Å²) >= 11 is 0. The van der Waals surface area contributed by atoms with E-state index < -0.39 is 36.5 Å². The number of rotatable bonds is 6. The van der Waals surface area contributed by atoms with Gasteiger partial charge in [0.15, 0.2) is 0 Å². The Labute approximate surface area is 205 Å². The van der Waals surface area contributed by atoms with E-state index in [1.807, 2.05) is 0 Å². The smallest absolute Gasteiger partial charge is 0.344 e. The van der Waals surface area contributed by atoms with Crippen LogP contribution in [0.15, 0.2) is 0 Å². The molecule has 3 rings (SSSR count). The van der Waals surface area contributed by atoms with Crippen LogP contribution in [0.4, 0.5) is 26.3 Å². The van der Waals surface area contributed by atoms with Gasteiger partial charge in [-0.05, 0) is 70.4 Å². The quantitative estimate of drug-likeness (QED) is 0.434. The molecule has 0 aromatic carbocycles. The minimum Gasteiger partial charge on any atom is -0.344 e. The Kier molecular flexibility index (Phi) is 9.79. The number of carbonyl (C=O) groups excluding carboxylic acids is 1. The molecular formula is C25H41F6N3O. The van der Waals surface area contributed by atoms with Gasteiger partial charge in [0.1, 0.15) is 0 Å². The number of alkyl halides is 6. The maximum atomic E-state index is 13.7. The van der Waals surface area contributed by atoms with Crippen LogP contribution >= 0.6 is 0 Å². The molecule has 0 radical (unpaired) electrons. The maximum Gasteiger partial charge on any atom is 0.391 e. The van der Waals surface area contributed by atoms with Crippen LogP contribution in [0.1, 0.15) is 64.2 Å². The van der Waals surface area contributed by atoms with Crippen LogP contribution in [0.3, 0.4) is 0 Å². The number of halogens is 6. The first kappa shape index (κ1) is 28.5. The SMILES string of the molecule is CN1CCCN(C(C(=O)N(C)CCC2CC(C(F)(F)F)CC(C(F)(F)F)C2)C2CCCCC2)CC1. The van der Waals surface area contributed by atoms with Gasteiger partial charge < -0.3 is 9.80 Å². The van der Waals surface area contributed by atoms with E-state index in [4.69, 9.17) is 0 Å². The van der Waals surface area contributed by atoms with E-state index >= 15 is 0 Å². The summed E-state index contributed by atoms with van der Waals surface area (Å²) in [6.07, 6.45) is -4.27. The average Bonchev–Trinajstić information content (AvgIpc) is 3.01. The van der Waals surface area contributed by atoms with Crippen molar-refractivity contribution in [1.82, 2.24) is 14.7 Å². The van der Waals surface area contributed by atoms with Crippen molar-refractivity contribution in [2.75, 3.05) is 46.8 Å². The lowest BCUT2D eigenvalue weighted by atomic mass is 9.73. The Morgan fingerprint density at radius 1 is 0.857 bits per heavy atom. The minimum absolute atomic E-state index is 0.0306. The number of hydrogen-bond acceptors (Lipinski definition) is 3. The van der Waals surface area contributed by atoms with Gasteiger partial charge >= 0.3 is 12.4 Å². The first-order valence-corrected chi connectivity index (χ1v) is 13.2. The lowest BCUT2D eigenvalue weighted by molar-refractivity contribution is -0.229. The molecular weight excluding hydrogens is 472 g/mol. The molecule has 1 heterocycles. The normalized spacial score (nSPS) is 29.5. The van der Waals surface area contributed by atoms with E-state index in [0.717, 1.165) is 58.3 Å². The summed E-state index contributed by atoms with van der Waals surface area (Å²) in [7, 11) is 3.73. The molecule has 0 bridgehead atoms. The van der Waals surface area contributed by atoms with Crippen molar-refractivity contribution < 1.29 is 31.1 Å². The van der Waals surface area contributed by atoms with E-state index in [2.05, 4.69) is 16.8 Å². The lowest BCUT2D eigenvalue weighted by Crippen LogP contribution is -2.53. The van der Waals surface area contributed by atoms with Gasteiger partial charge in [-0.15, -0.1) is 0 Å². The third-order valence-corrected chi connectivity index (χ3v) is 8.48. The maximum absolute atomic E-state index is 13.7. The molecule has 3 fully saturated rings. The highest BCUT2D eigenvalue weighted by atomic mass is 19.4. The Hall–Kier alpha value is -1.03. The van der Waals surface area contributed by atoms with Crippen molar-refractivity contribution in [3.05, 3.63) is 0 Å². The van der Waals surface area contributed by atoms with Crippen LogP contribution in [0.25, 0.3) is 0 Å². The van der Waals surface area contributed by atoms with E-state index in [9.17, 15) is 31.1 Å². The van der Waals surface area contributed by atoms with Gasteiger partial charge in [0.25, 0.3) is 0 Å². The topological polar surface area (TPSA) is 26.8 Å². The molecule has 4 nitrogen and oxygen atoms in total. The van der Waals surface area contributed by atoms with Crippen LogP contribution in [-0.4, -0.2) is 85.8 Å². The fourth-order valence-corrected chi connectivity index (χ4v) is 6.37. The molecule has 1 amide bonds. The van der Waals surface area contributed by atoms with Crippen LogP contribution in [0, 0.1) is 23.7 Å².